The molecule has 0 fully saturated rings. The summed E-state index contributed by atoms with van der Waals surface area (Å²) in [4.78, 5) is 27.6. The first-order valence-corrected chi connectivity index (χ1v) is 13.5. The van der Waals surface area contributed by atoms with Crippen molar-refractivity contribution in [1.29, 1.82) is 0 Å². The number of carbonyl (C=O) groups is 1. The summed E-state index contributed by atoms with van der Waals surface area (Å²) < 4.78 is 21.8. The lowest BCUT2D eigenvalue weighted by atomic mass is 9.94. The van der Waals surface area contributed by atoms with Crippen LogP contribution in [0.3, 0.4) is 0 Å². The molecule has 3 aromatic rings. The highest BCUT2D eigenvalue weighted by Gasteiger charge is 2.37. The van der Waals surface area contributed by atoms with Crippen LogP contribution < -0.4 is 10.4 Å². The lowest BCUT2D eigenvalue weighted by Crippen LogP contribution is -2.56. The van der Waals surface area contributed by atoms with E-state index >= 15 is 0 Å². The Bertz CT molecular complexity index is 1270. The maximum atomic E-state index is 13.5. The predicted octanol–water partition coefficient (Wildman–Crippen LogP) is 3.78. The first-order chi connectivity index (χ1) is 16.2. The molecule has 2 aromatic carbocycles. The van der Waals surface area contributed by atoms with Crippen LogP contribution in [0.15, 0.2) is 65.6 Å². The van der Waals surface area contributed by atoms with E-state index in [9.17, 15) is 18.7 Å². The third-order valence-corrected chi connectivity index (χ3v) is 7.77. The highest BCUT2D eigenvalue weighted by Crippen LogP contribution is 2.38. The summed E-state index contributed by atoms with van der Waals surface area (Å²) in [7, 11) is -2.77. The Hall–Kier alpha value is -3.07. The van der Waals surface area contributed by atoms with Crippen LogP contribution in [-0.2, 0) is 12.8 Å². The van der Waals surface area contributed by atoms with Crippen LogP contribution >= 0.6 is 10.6 Å². The lowest BCUT2D eigenvalue weighted by molar-refractivity contribution is 0.0695. The lowest BCUT2D eigenvalue weighted by Gasteiger charge is -2.45. The van der Waals surface area contributed by atoms with Crippen LogP contribution in [0.1, 0.15) is 44.3 Å². The van der Waals surface area contributed by atoms with E-state index in [2.05, 4.69) is 41.4 Å². The molecule has 7 nitrogen and oxygen atoms in total. The summed E-state index contributed by atoms with van der Waals surface area (Å²) in [5.74, 6) is -0.189. The van der Waals surface area contributed by atoms with Crippen molar-refractivity contribution in [3.63, 3.8) is 0 Å². The van der Waals surface area contributed by atoms with Gasteiger partial charge in [-0.15, -0.1) is 0 Å². The molecule has 0 saturated carbocycles. The quantitative estimate of drug-likeness (QED) is 0.595. The Morgan fingerprint density at radius 2 is 1.53 bits per heavy atom. The average molecular weight is 480 g/mol. The van der Waals surface area contributed by atoms with Crippen molar-refractivity contribution in [3.05, 3.63) is 105 Å². The second-order valence-corrected chi connectivity index (χ2v) is 11.5. The highest BCUT2D eigenvalue weighted by atomic mass is 32.3. The van der Waals surface area contributed by atoms with Crippen LogP contribution in [0.4, 0.5) is 0 Å². The molecule has 1 amide bonds. The minimum Gasteiger partial charge on any atom is -0.317 e. The molecule has 1 aliphatic heterocycles. The number of hydrogen-bond donors (Lipinski definition) is 2. The Morgan fingerprint density at radius 3 is 2.12 bits per heavy atom. The monoisotopic (exact) mass is 479 g/mol. The molecule has 0 saturated heterocycles. The number of fused-ring (bicyclic) bond motifs is 3. The summed E-state index contributed by atoms with van der Waals surface area (Å²) in [6.07, 6.45) is 4.92. The van der Waals surface area contributed by atoms with Gasteiger partial charge < -0.3 is 4.90 Å². The van der Waals surface area contributed by atoms with Gasteiger partial charge in [-0.25, -0.2) is 0 Å². The zero-order chi connectivity index (χ0) is 24.0. The molecule has 0 bridgehead atoms. The van der Waals surface area contributed by atoms with Gasteiger partial charge in [-0.2, -0.15) is 10.6 Å². The molecule has 5 rings (SSSR count). The number of hydrogen-bond acceptors (Lipinski definition) is 5. The summed E-state index contributed by atoms with van der Waals surface area (Å²) in [5.41, 5.74) is 5.38. The Kier molecular flexibility index (Phi) is 5.75. The highest BCUT2D eigenvalue weighted by molar-refractivity contribution is 8.23. The number of carbonyl (C=O) groups excluding carboxylic acids is 1. The molecule has 8 heteroatoms. The van der Waals surface area contributed by atoms with E-state index in [0.29, 0.717) is 11.3 Å². The Labute approximate surface area is 200 Å². The van der Waals surface area contributed by atoms with Crippen molar-refractivity contribution in [2.75, 3.05) is 30.2 Å². The van der Waals surface area contributed by atoms with Gasteiger partial charge in [-0.05, 0) is 42.0 Å². The molecule has 0 atom stereocenters. The van der Waals surface area contributed by atoms with Crippen molar-refractivity contribution in [2.24, 2.45) is 0 Å². The molecule has 1 aromatic heterocycles. The van der Waals surface area contributed by atoms with Crippen molar-refractivity contribution in [1.82, 2.24) is 9.58 Å². The Balaban J connectivity index is 1.70. The SMILES string of the molecule is Cc1c2n(ccc1=O)N(C1c3ccccc3CCc3ccccc31)CN(CCS(C)(O)O)C2=O. The van der Waals surface area contributed by atoms with E-state index in [0.717, 1.165) is 12.8 Å². The van der Waals surface area contributed by atoms with Crippen molar-refractivity contribution in [2.45, 2.75) is 25.8 Å². The van der Waals surface area contributed by atoms with Gasteiger partial charge in [0.1, 0.15) is 12.4 Å². The zero-order valence-electron chi connectivity index (χ0n) is 19.3. The molecular formula is C26H29N3O4S. The second-order valence-electron chi connectivity index (χ2n) is 9.15. The normalized spacial score (nSPS) is 16.5. The van der Waals surface area contributed by atoms with E-state index < -0.39 is 10.6 Å². The van der Waals surface area contributed by atoms with Gasteiger partial charge in [0.15, 0.2) is 5.43 Å². The van der Waals surface area contributed by atoms with E-state index in [1.165, 1.54) is 34.6 Å². The molecule has 1 aliphatic carbocycles. The van der Waals surface area contributed by atoms with Crippen LogP contribution in [0.25, 0.3) is 0 Å². The van der Waals surface area contributed by atoms with Crippen LogP contribution in [0, 0.1) is 6.92 Å². The largest absolute Gasteiger partial charge is 0.317 e. The van der Waals surface area contributed by atoms with E-state index in [1.54, 1.807) is 18.0 Å². The molecule has 2 N–H and O–H groups in total. The fourth-order valence-electron chi connectivity index (χ4n) is 5.03. The van der Waals surface area contributed by atoms with E-state index in [1.807, 2.05) is 16.8 Å². The number of aryl methyl sites for hydroxylation is 2. The molecule has 0 unspecified atom stereocenters. The van der Waals surface area contributed by atoms with Gasteiger partial charge in [-0.3, -0.25) is 28.4 Å². The summed E-state index contributed by atoms with van der Waals surface area (Å²) in [6.45, 7) is 2.12. The number of nitrogens with zero attached hydrogens (tertiary/aromatic N) is 3. The summed E-state index contributed by atoms with van der Waals surface area (Å²) >= 11 is 0. The topological polar surface area (TPSA) is 86.0 Å². The van der Waals surface area contributed by atoms with Crippen LogP contribution in [0.5, 0.6) is 0 Å². The van der Waals surface area contributed by atoms with Crippen molar-refractivity contribution in [3.8, 4) is 0 Å². The standard InChI is InChI=1S/C26H29N3O4S/c1-18-23(30)13-14-28-24(18)26(31)27(15-16-34(2,32)33)17-29(28)25-21-9-5-3-7-19(21)11-12-20-8-4-6-10-22(20)25/h3-10,13-14,25,32-33H,11-12,15-17H2,1-2H3. The summed E-state index contributed by atoms with van der Waals surface area (Å²) in [6, 6.07) is 18.1. The van der Waals surface area contributed by atoms with Crippen LogP contribution in [0.2, 0.25) is 0 Å². The van der Waals surface area contributed by atoms with Crippen molar-refractivity contribution < 1.29 is 13.9 Å². The maximum absolute atomic E-state index is 13.5. The maximum Gasteiger partial charge on any atom is 0.274 e. The molecule has 0 spiro atoms. The number of aromatic nitrogens is 1. The van der Waals surface area contributed by atoms with Crippen LogP contribution in [-0.4, -0.2) is 49.8 Å². The molecule has 2 heterocycles. The van der Waals surface area contributed by atoms with Gasteiger partial charge in [0.05, 0.1) is 11.8 Å². The number of rotatable bonds is 4. The third-order valence-electron chi connectivity index (χ3n) is 6.81. The fraction of sp³-hybridized carbons (Fsp3) is 0.308. The first-order valence-electron chi connectivity index (χ1n) is 11.4. The molecular weight excluding hydrogens is 450 g/mol. The average Bonchev–Trinajstić information content (AvgIpc) is 2.97. The minimum atomic E-state index is -2.77. The van der Waals surface area contributed by atoms with Crippen molar-refractivity contribution >= 4 is 16.5 Å². The number of pyridine rings is 1. The first kappa shape index (κ1) is 22.7. The minimum absolute atomic E-state index is 0.0839. The molecule has 34 heavy (non-hydrogen) atoms. The van der Waals surface area contributed by atoms with E-state index in [-0.39, 0.29) is 36.3 Å². The molecule has 178 valence electrons. The molecule has 2 aliphatic rings. The molecule has 0 radical (unpaired) electrons. The zero-order valence-corrected chi connectivity index (χ0v) is 20.2. The predicted molar refractivity (Wildman–Crippen MR) is 135 cm³/mol. The van der Waals surface area contributed by atoms with Gasteiger partial charge in [0, 0.05) is 30.6 Å². The van der Waals surface area contributed by atoms with Gasteiger partial charge >= 0.3 is 0 Å². The summed E-state index contributed by atoms with van der Waals surface area (Å²) in [5, 5.41) is 2.12. The Morgan fingerprint density at radius 1 is 0.941 bits per heavy atom. The third kappa shape index (κ3) is 4.02. The number of amides is 1. The smallest absolute Gasteiger partial charge is 0.274 e. The fourth-order valence-corrected chi connectivity index (χ4v) is 5.60. The van der Waals surface area contributed by atoms with Gasteiger partial charge in [0.2, 0.25) is 0 Å². The van der Waals surface area contributed by atoms with Gasteiger partial charge in [-0.1, -0.05) is 48.5 Å². The number of benzene rings is 2. The second kappa shape index (κ2) is 8.61. The van der Waals surface area contributed by atoms with Gasteiger partial charge in [0.25, 0.3) is 5.91 Å². The van der Waals surface area contributed by atoms with E-state index in [4.69, 9.17) is 0 Å².